The Bertz CT molecular complexity index is 3600. The summed E-state index contributed by atoms with van der Waals surface area (Å²) in [4.78, 5) is 81.6. The highest BCUT2D eigenvalue weighted by Gasteiger charge is 2.48. The number of esters is 1. The van der Waals surface area contributed by atoms with E-state index in [1.165, 1.54) is 14.0 Å². The third-order valence-electron chi connectivity index (χ3n) is 18.6. The van der Waals surface area contributed by atoms with Gasteiger partial charge in [-0.3, -0.25) is 23.3 Å². The predicted octanol–water partition coefficient (Wildman–Crippen LogP) is -5.22. The number of ether oxygens (including phenoxy) is 18. The van der Waals surface area contributed by atoms with Gasteiger partial charge in [-0.1, -0.05) is 15.6 Å². The fraction of sp³-hybridized carbons (Fsp3) is 0.797. The number of benzene rings is 1. The Morgan fingerprint density at radius 1 is 0.368 bits per heavy atom. The van der Waals surface area contributed by atoms with Crippen molar-refractivity contribution in [3.63, 3.8) is 0 Å². The molecule has 6 heterocycles. The number of rotatable bonds is 65. The molecule has 3 aromatic heterocycles. The number of aliphatic hydroxyl groups is 9. The number of aromatic nitrogens is 9. The summed E-state index contributed by atoms with van der Waals surface area (Å²) in [7, 11) is -13.4. The van der Waals surface area contributed by atoms with Crippen LogP contribution in [-0.4, -0.2) is 413 Å². The summed E-state index contributed by atoms with van der Waals surface area (Å²) in [5.74, 6) is -15.5. The minimum absolute atomic E-state index is 0.0214. The Balaban J connectivity index is 0.868. The second-order valence-corrected chi connectivity index (χ2v) is 33.9. The second kappa shape index (κ2) is 55.1. The highest BCUT2D eigenvalue weighted by Crippen LogP contribution is 2.40. The highest BCUT2D eigenvalue weighted by atomic mass is 31.2. The fourth-order valence-electron chi connectivity index (χ4n) is 12.0. The Kier molecular flexibility index (Phi) is 47.0. The van der Waals surface area contributed by atoms with Gasteiger partial charge in [-0.2, -0.15) is 8.78 Å². The van der Waals surface area contributed by atoms with Crippen LogP contribution in [0.1, 0.15) is 49.2 Å². The Morgan fingerprint density at radius 3 is 0.944 bits per heavy atom. The first-order valence-electron chi connectivity index (χ1n) is 39.6. The maximum Gasteiger partial charge on any atom is 0.325 e. The van der Waals surface area contributed by atoms with E-state index >= 15 is 0 Å². The summed E-state index contributed by atoms with van der Waals surface area (Å²) < 4.78 is 209. The summed E-state index contributed by atoms with van der Waals surface area (Å²) in [5.41, 5.74) is 0.00374. The summed E-state index contributed by atoms with van der Waals surface area (Å²) in [6.07, 6.45) is -21.2. The zero-order valence-electron chi connectivity index (χ0n) is 67.8. The van der Waals surface area contributed by atoms with Gasteiger partial charge in [0, 0.05) is 44.3 Å². The number of amides is 1. The number of aliphatic hydroxyl groups excluding tert-OH is 9. The third kappa shape index (κ3) is 38.9. The lowest BCUT2D eigenvalue weighted by Crippen LogP contribution is -2.59. The molecule has 0 unspecified atom stereocenters. The molecule has 3 saturated heterocycles. The summed E-state index contributed by atoms with van der Waals surface area (Å²) in [5, 5.41) is 120. The van der Waals surface area contributed by atoms with E-state index in [-0.39, 0.29) is 223 Å². The van der Waals surface area contributed by atoms with Gasteiger partial charge in [-0.15, -0.1) is 15.3 Å². The van der Waals surface area contributed by atoms with Crippen molar-refractivity contribution in [2.75, 3.05) is 184 Å². The van der Waals surface area contributed by atoms with Gasteiger partial charge in [0.05, 0.1) is 245 Å². The monoisotopic (exact) mass is 1880 g/mol. The largest absolute Gasteiger partial charge is 0.420 e. The molecule has 56 heteroatoms. The van der Waals surface area contributed by atoms with Crippen LogP contribution in [0.25, 0.3) is 0 Å². The number of carbonyl (C=O) groups is 2. The lowest BCUT2D eigenvalue weighted by Gasteiger charge is -2.40. The summed E-state index contributed by atoms with van der Waals surface area (Å²) >= 11 is 0. The summed E-state index contributed by atoms with van der Waals surface area (Å²) in [6, 6.07) is 0. The van der Waals surface area contributed by atoms with E-state index in [0.717, 1.165) is 0 Å². The molecule has 0 saturated carbocycles. The topological polar surface area (TPSA) is 659 Å². The number of nitrogens with one attached hydrogen (secondary N) is 1. The lowest BCUT2D eigenvalue weighted by molar-refractivity contribution is -0.296. The van der Waals surface area contributed by atoms with E-state index in [1.54, 1.807) is 18.6 Å². The van der Waals surface area contributed by atoms with Gasteiger partial charge in [-0.25, -0.2) is 27.2 Å². The van der Waals surface area contributed by atoms with Crippen LogP contribution in [0.4, 0.5) is 22.0 Å². The van der Waals surface area contributed by atoms with Crippen LogP contribution in [0.5, 0.6) is 5.75 Å². The Labute approximate surface area is 711 Å². The van der Waals surface area contributed by atoms with Gasteiger partial charge in [0.15, 0.2) is 18.9 Å². The standard InChI is InChI=1S/C69H112F5N10O38P3/c70-51-52(71)54(73)65(55(74)53(51)72)122-50(86)5-13-106-21-20-105-12-4-49(85)75-69(40-113-31-28-110-25-22-107-17-9-82-37-43(76-79-82)1-14-116-66-62(93)59(90)56(87)46(119-66)6-34-123(96,97)98,41-114-32-29-111-26-23-108-18-10-83-38-44(77-80-83)2-15-117-67-63(94)60(91)57(88)47(120-67)7-35-124(99,100)101)42-115-33-30-112-27-24-109-19-11-84-39-45(78-81-84)3-16-118-68-64(95)61(92)58(89)48(121-68)8-36-125(102,103)104/h37-39,46-48,56-64,66-68,87-95H,1-36,40-42H2,(H,75,85)(H2,96,97,98)(H2,99,100,101)(H2,102,103,104)/t46-,47-,48-,56-,57-,58-,59+,60+,61+,62+,63+,64+,66+,67+,68+/m1/s1. The van der Waals surface area contributed by atoms with Crippen LogP contribution >= 0.6 is 22.8 Å². The zero-order chi connectivity index (χ0) is 91.1. The van der Waals surface area contributed by atoms with E-state index in [0.29, 0.717) is 17.1 Å². The minimum Gasteiger partial charge on any atom is -0.420 e. The van der Waals surface area contributed by atoms with Crippen molar-refractivity contribution in [2.45, 2.75) is 169 Å². The maximum atomic E-state index is 14.1. The van der Waals surface area contributed by atoms with Crippen LogP contribution in [0.3, 0.4) is 0 Å². The fourth-order valence-corrected chi connectivity index (χ4v) is 13.7. The van der Waals surface area contributed by atoms with Crippen LogP contribution in [0.2, 0.25) is 0 Å². The molecule has 0 bridgehead atoms. The van der Waals surface area contributed by atoms with Crippen molar-refractivity contribution in [3.05, 3.63) is 64.8 Å². The molecule has 125 heavy (non-hydrogen) atoms. The van der Waals surface area contributed by atoms with Crippen LogP contribution in [0, 0.1) is 29.1 Å². The average Bonchev–Trinajstić information content (AvgIpc) is 0.951. The number of halogens is 5. The molecule has 716 valence electrons. The predicted molar refractivity (Wildman–Crippen MR) is 405 cm³/mol. The van der Waals surface area contributed by atoms with E-state index in [4.69, 9.17) is 80.5 Å². The summed E-state index contributed by atoms with van der Waals surface area (Å²) in [6.45, 7) is 0.309. The lowest BCUT2D eigenvalue weighted by atomic mass is 9.97. The van der Waals surface area contributed by atoms with Crippen molar-refractivity contribution in [1.29, 1.82) is 0 Å². The molecule has 48 nitrogen and oxygen atoms in total. The van der Waals surface area contributed by atoms with Gasteiger partial charge >= 0.3 is 28.8 Å². The van der Waals surface area contributed by atoms with Gasteiger partial charge in [0.25, 0.3) is 0 Å². The molecular formula is C69H112F5N10O38P3. The first-order valence-corrected chi connectivity index (χ1v) is 45.0. The Morgan fingerprint density at radius 2 is 0.640 bits per heavy atom. The van der Waals surface area contributed by atoms with Gasteiger partial charge in [0.1, 0.15) is 60.5 Å². The first-order chi connectivity index (χ1) is 59.5. The minimum atomic E-state index is -4.46. The molecule has 4 aromatic rings. The average molecular weight is 1880 g/mol. The van der Waals surface area contributed by atoms with Gasteiger partial charge < -0.3 is 166 Å². The van der Waals surface area contributed by atoms with Crippen LogP contribution in [-0.2, 0) is 143 Å². The smallest absolute Gasteiger partial charge is 0.325 e. The molecule has 16 N–H and O–H groups in total. The van der Waals surface area contributed by atoms with E-state index in [1.807, 2.05) is 0 Å². The molecule has 3 fully saturated rings. The quantitative estimate of drug-likeness (QED) is 0.00374. The first kappa shape index (κ1) is 107. The highest BCUT2D eigenvalue weighted by molar-refractivity contribution is 7.52. The molecule has 3 aliphatic heterocycles. The van der Waals surface area contributed by atoms with Gasteiger partial charge in [-0.05, 0) is 19.3 Å². The molecule has 7 rings (SSSR count). The SMILES string of the molecule is O=C(CCOCCOCCC(=O)Oc1c(F)c(F)c(F)c(F)c1F)NC(COCCOCCOCCn1cc(CCO[C@H]2O[C@H](CCP(=O)(O)O)[C@@H](O)[C@H](O)[C@@H]2O)nn1)(COCCOCCOCCn1cc(CCO[C@H]2O[C@H](CCP(=O)(O)O)[C@@H](O)[C@H](O)[C@@H]2O)nn1)COCCOCCOCCn1cc(CCO[C@H]2O[C@H](CCP(=O)(O)O)[C@@H](O)[C@H](O)[C@@H]2O)nn1. The second-order valence-electron chi connectivity index (χ2n) is 28.6. The number of hydrogen-bond acceptors (Lipinski definition) is 38. The van der Waals surface area contributed by atoms with Crippen molar-refractivity contribution >= 4 is 34.7 Å². The molecule has 0 spiro atoms. The van der Waals surface area contributed by atoms with Crippen molar-refractivity contribution in [1.82, 2.24) is 50.3 Å². The van der Waals surface area contributed by atoms with E-state index in [9.17, 15) is 121 Å². The van der Waals surface area contributed by atoms with Crippen molar-refractivity contribution in [3.8, 4) is 5.75 Å². The van der Waals surface area contributed by atoms with Crippen LogP contribution < -0.4 is 10.1 Å². The molecule has 0 aliphatic carbocycles. The van der Waals surface area contributed by atoms with E-state index in [2.05, 4.69) is 41.0 Å². The molecule has 1 aromatic carbocycles. The zero-order valence-corrected chi connectivity index (χ0v) is 70.5. The number of hydrogen-bond donors (Lipinski definition) is 16. The molecule has 1 amide bonds. The maximum absolute atomic E-state index is 14.1. The number of carbonyl (C=O) groups excluding carboxylic acids is 2. The molecule has 15 atom stereocenters. The van der Waals surface area contributed by atoms with Crippen molar-refractivity contribution < 1.29 is 206 Å². The molecule has 0 radical (unpaired) electrons. The Hall–Kier alpha value is -5.36. The molecule has 3 aliphatic rings. The van der Waals surface area contributed by atoms with Gasteiger partial charge in [0.2, 0.25) is 40.7 Å². The number of nitrogens with zero attached hydrogens (tertiary/aromatic N) is 9. The van der Waals surface area contributed by atoms with Crippen LogP contribution in [0.15, 0.2) is 18.6 Å². The third-order valence-corrected chi connectivity index (χ3v) is 21.2. The molecular weight excluding hydrogens is 1760 g/mol. The van der Waals surface area contributed by atoms with Crippen molar-refractivity contribution in [2.24, 2.45) is 0 Å². The normalized spacial score (nSPS) is 23.4. The van der Waals surface area contributed by atoms with E-state index < -0.39 is 199 Å².